The lowest BCUT2D eigenvalue weighted by atomic mass is 10.1. The van der Waals surface area contributed by atoms with Crippen LogP contribution in [0.25, 0.3) is 17.1 Å². The summed E-state index contributed by atoms with van der Waals surface area (Å²) in [5.41, 5.74) is 10.7. The molecule has 0 radical (unpaired) electrons. The van der Waals surface area contributed by atoms with E-state index in [4.69, 9.17) is 10.8 Å². The summed E-state index contributed by atoms with van der Waals surface area (Å²) < 4.78 is 0. The summed E-state index contributed by atoms with van der Waals surface area (Å²) in [7, 11) is 0. The highest BCUT2D eigenvalue weighted by Crippen LogP contribution is 2.26. The first-order valence-electron chi connectivity index (χ1n) is 8.48. The van der Waals surface area contributed by atoms with E-state index >= 15 is 0 Å². The molecule has 2 aromatic heterocycles. The Hall–Kier alpha value is -2.34. The van der Waals surface area contributed by atoms with Crippen molar-refractivity contribution in [1.29, 1.82) is 0 Å². The van der Waals surface area contributed by atoms with Crippen LogP contribution in [0.3, 0.4) is 0 Å². The van der Waals surface area contributed by atoms with Gasteiger partial charge in [0, 0.05) is 37.4 Å². The minimum absolute atomic E-state index is 0.149. The van der Waals surface area contributed by atoms with Crippen molar-refractivity contribution in [2.24, 2.45) is 0 Å². The quantitative estimate of drug-likeness (QED) is 0.709. The largest absolute Gasteiger partial charge is 0.396 e. The second kappa shape index (κ2) is 7.05. The van der Waals surface area contributed by atoms with Crippen molar-refractivity contribution in [3.8, 4) is 0 Å². The van der Waals surface area contributed by atoms with Gasteiger partial charge in [-0.05, 0) is 38.3 Å². The maximum atomic E-state index is 8.99. The number of aliphatic hydroxyl groups is 1. The molecule has 4 N–H and O–H groups in total. The van der Waals surface area contributed by atoms with Crippen LogP contribution in [0.1, 0.15) is 36.3 Å². The number of nitrogens with one attached hydrogen (secondary N) is 1. The molecule has 1 fully saturated rings. The number of likely N-dealkylation sites (tertiary alicyclic amines) is 1. The van der Waals surface area contributed by atoms with Crippen LogP contribution in [0.2, 0.25) is 0 Å². The number of allylic oxidation sites excluding steroid dienone is 1. The topological polar surface area (TPSA) is 91.1 Å². The van der Waals surface area contributed by atoms with Crippen LogP contribution in [0.4, 0.5) is 5.82 Å². The zero-order valence-electron chi connectivity index (χ0n) is 14.2. The van der Waals surface area contributed by atoms with Crippen molar-refractivity contribution in [2.45, 2.75) is 32.6 Å². The Balaban J connectivity index is 2.01. The van der Waals surface area contributed by atoms with Crippen molar-refractivity contribution >= 4 is 22.9 Å². The van der Waals surface area contributed by atoms with Gasteiger partial charge in [-0.3, -0.25) is 0 Å². The summed E-state index contributed by atoms with van der Waals surface area (Å²) in [5.74, 6) is 1.26. The number of aromatic amines is 1. The van der Waals surface area contributed by atoms with E-state index in [-0.39, 0.29) is 6.61 Å². The molecule has 3 rings (SSSR count). The minimum Gasteiger partial charge on any atom is -0.396 e. The van der Waals surface area contributed by atoms with Gasteiger partial charge in [0.2, 0.25) is 0 Å². The molecule has 0 spiro atoms. The van der Waals surface area contributed by atoms with Crippen molar-refractivity contribution in [2.75, 3.05) is 25.4 Å². The third-order valence-electron chi connectivity index (χ3n) is 4.53. The van der Waals surface area contributed by atoms with Gasteiger partial charge in [-0.25, -0.2) is 9.97 Å². The van der Waals surface area contributed by atoms with Crippen LogP contribution in [0.5, 0.6) is 0 Å². The monoisotopic (exact) mass is 327 g/mol. The molecule has 0 saturated carbocycles. The van der Waals surface area contributed by atoms with Gasteiger partial charge in [0.25, 0.3) is 0 Å². The van der Waals surface area contributed by atoms with Crippen LogP contribution < -0.4 is 5.73 Å². The molecular formula is C18H25N5O. The molecule has 1 saturated heterocycles. The molecule has 3 heterocycles. The Kier molecular flexibility index (Phi) is 4.85. The minimum atomic E-state index is 0.149. The molecule has 2 aromatic rings. The number of hydrogen-bond acceptors (Lipinski definition) is 5. The van der Waals surface area contributed by atoms with Gasteiger partial charge in [-0.2, -0.15) is 0 Å². The predicted molar refractivity (Wildman–Crippen MR) is 97.4 cm³/mol. The normalized spacial score (nSPS) is 15.4. The number of imidazole rings is 1. The number of aryl methyl sites for hydroxylation is 2. The van der Waals surface area contributed by atoms with Crippen molar-refractivity contribution < 1.29 is 5.11 Å². The molecule has 128 valence electrons. The summed E-state index contributed by atoms with van der Waals surface area (Å²) >= 11 is 0. The average molecular weight is 327 g/mol. The standard InChI is InChI=1S/C18H25N5O/c1-3-13(23-8-4-5-9-23)11-14-12(2)16-17(18(19)20-14)22-15(21-16)7-6-10-24/h3,11,24H,1,4-10H2,2H3,(H2,19,20)(H,21,22)/b13-11+. The number of pyridine rings is 1. The zero-order valence-corrected chi connectivity index (χ0v) is 14.2. The molecule has 1 aliphatic heterocycles. The number of nitrogen functional groups attached to an aromatic ring is 1. The Bertz CT molecular complexity index is 771. The van der Waals surface area contributed by atoms with Gasteiger partial charge < -0.3 is 20.7 Å². The first-order chi connectivity index (χ1) is 11.6. The molecule has 0 unspecified atom stereocenters. The fourth-order valence-corrected chi connectivity index (χ4v) is 3.17. The molecule has 0 aromatic carbocycles. The van der Waals surface area contributed by atoms with E-state index in [0.717, 1.165) is 41.4 Å². The van der Waals surface area contributed by atoms with E-state index in [2.05, 4.69) is 32.5 Å². The van der Waals surface area contributed by atoms with Crippen molar-refractivity contribution in [3.63, 3.8) is 0 Å². The van der Waals surface area contributed by atoms with E-state index in [1.165, 1.54) is 12.8 Å². The highest BCUT2D eigenvalue weighted by Gasteiger charge is 2.16. The van der Waals surface area contributed by atoms with Crippen molar-refractivity contribution in [1.82, 2.24) is 19.9 Å². The van der Waals surface area contributed by atoms with Crippen LogP contribution >= 0.6 is 0 Å². The van der Waals surface area contributed by atoms with Crippen LogP contribution in [-0.2, 0) is 6.42 Å². The maximum Gasteiger partial charge on any atom is 0.152 e. The number of anilines is 1. The van der Waals surface area contributed by atoms with Gasteiger partial charge >= 0.3 is 0 Å². The molecule has 0 bridgehead atoms. The third kappa shape index (κ3) is 3.14. The average Bonchev–Trinajstić information content (AvgIpc) is 3.24. The number of nitrogens with zero attached hydrogens (tertiary/aromatic N) is 3. The van der Waals surface area contributed by atoms with Gasteiger partial charge in [0.15, 0.2) is 5.82 Å². The fraction of sp³-hybridized carbons (Fsp3) is 0.444. The second-order valence-corrected chi connectivity index (χ2v) is 6.21. The second-order valence-electron chi connectivity index (χ2n) is 6.21. The van der Waals surface area contributed by atoms with Gasteiger partial charge in [-0.15, -0.1) is 0 Å². The number of H-pyrrole nitrogens is 1. The Morgan fingerprint density at radius 3 is 2.79 bits per heavy atom. The molecule has 0 atom stereocenters. The highest BCUT2D eigenvalue weighted by atomic mass is 16.2. The highest BCUT2D eigenvalue weighted by molar-refractivity contribution is 5.89. The Morgan fingerprint density at radius 1 is 1.38 bits per heavy atom. The number of rotatable bonds is 6. The number of hydrogen-bond donors (Lipinski definition) is 3. The van der Waals surface area contributed by atoms with Gasteiger partial charge in [0.05, 0.1) is 11.2 Å². The Labute approximate surface area is 142 Å². The summed E-state index contributed by atoms with van der Waals surface area (Å²) in [6.07, 6.45) is 7.74. The molecule has 0 amide bonds. The first kappa shape index (κ1) is 16.5. The summed E-state index contributed by atoms with van der Waals surface area (Å²) in [6, 6.07) is 0. The molecule has 6 nitrogen and oxygen atoms in total. The van der Waals surface area contributed by atoms with E-state index in [1.807, 2.05) is 13.0 Å². The van der Waals surface area contributed by atoms with Crippen LogP contribution in [-0.4, -0.2) is 44.7 Å². The number of aromatic nitrogens is 3. The number of fused-ring (bicyclic) bond motifs is 1. The summed E-state index contributed by atoms with van der Waals surface area (Å²) in [4.78, 5) is 14.7. The lowest BCUT2D eigenvalue weighted by Gasteiger charge is -2.19. The predicted octanol–water partition coefficient (Wildman–Crippen LogP) is 2.40. The lowest BCUT2D eigenvalue weighted by molar-refractivity contribution is 0.287. The third-order valence-corrected chi connectivity index (χ3v) is 4.53. The van der Waals surface area contributed by atoms with Crippen LogP contribution in [0.15, 0.2) is 18.4 Å². The smallest absolute Gasteiger partial charge is 0.152 e. The summed E-state index contributed by atoms with van der Waals surface area (Å²) in [6.45, 7) is 8.24. The molecular weight excluding hydrogens is 302 g/mol. The van der Waals surface area contributed by atoms with E-state index in [0.29, 0.717) is 24.2 Å². The molecule has 24 heavy (non-hydrogen) atoms. The summed E-state index contributed by atoms with van der Waals surface area (Å²) in [5, 5.41) is 8.99. The van der Waals surface area contributed by atoms with Crippen molar-refractivity contribution in [3.05, 3.63) is 35.4 Å². The number of aliphatic hydroxyl groups excluding tert-OH is 1. The number of nitrogens with two attached hydrogens (primary N) is 1. The van der Waals surface area contributed by atoms with Gasteiger partial charge in [0.1, 0.15) is 11.3 Å². The lowest BCUT2D eigenvalue weighted by Crippen LogP contribution is -2.17. The molecule has 0 aliphatic carbocycles. The Morgan fingerprint density at radius 2 is 2.12 bits per heavy atom. The van der Waals surface area contributed by atoms with Gasteiger partial charge in [-0.1, -0.05) is 6.58 Å². The van der Waals surface area contributed by atoms with E-state index < -0.39 is 0 Å². The van der Waals surface area contributed by atoms with E-state index in [1.54, 1.807) is 0 Å². The zero-order chi connectivity index (χ0) is 17.1. The first-order valence-corrected chi connectivity index (χ1v) is 8.48. The molecule has 1 aliphatic rings. The van der Waals surface area contributed by atoms with E-state index in [9.17, 15) is 0 Å². The molecule has 6 heteroatoms. The SMILES string of the molecule is C=C/C(=C\c1nc(N)c2nc(CCCO)[nH]c2c1C)N1CCCC1. The fourth-order valence-electron chi connectivity index (χ4n) is 3.17. The maximum absolute atomic E-state index is 8.99. The van der Waals surface area contributed by atoms with Crippen LogP contribution in [0, 0.1) is 6.92 Å².